The Morgan fingerprint density at radius 1 is 1.11 bits per heavy atom. The third-order valence-electron chi connectivity index (χ3n) is 4.88. The number of carbonyl (C=O) groups excluding carboxylic acids is 1. The summed E-state index contributed by atoms with van der Waals surface area (Å²) in [7, 11) is 0. The van der Waals surface area contributed by atoms with Crippen molar-refractivity contribution in [1.82, 2.24) is 4.90 Å². The lowest BCUT2D eigenvalue weighted by Gasteiger charge is -2.33. The van der Waals surface area contributed by atoms with Gasteiger partial charge in [0.15, 0.2) is 0 Å². The lowest BCUT2D eigenvalue weighted by atomic mass is 9.76. The second-order valence-corrected chi connectivity index (χ2v) is 6.38. The quantitative estimate of drug-likeness (QED) is 0.854. The predicted molar refractivity (Wildman–Crippen MR) is 72.7 cm³/mol. The Morgan fingerprint density at radius 2 is 1.74 bits per heavy atom. The fourth-order valence-corrected chi connectivity index (χ4v) is 3.55. The van der Waals surface area contributed by atoms with Gasteiger partial charge in [0.05, 0.1) is 0 Å². The molecule has 19 heavy (non-hydrogen) atoms. The van der Waals surface area contributed by atoms with E-state index in [1.165, 1.54) is 0 Å². The smallest absolute Gasteiger partial charge is 0.326 e. The molecule has 1 aliphatic carbocycles. The summed E-state index contributed by atoms with van der Waals surface area (Å²) in [6.45, 7) is 5.11. The lowest BCUT2D eigenvalue weighted by molar-refractivity contribution is -0.150. The highest BCUT2D eigenvalue weighted by molar-refractivity contribution is 5.85. The van der Waals surface area contributed by atoms with Crippen molar-refractivity contribution in [3.63, 3.8) is 0 Å². The van der Waals surface area contributed by atoms with Crippen LogP contribution < -0.4 is 0 Å². The van der Waals surface area contributed by atoms with Gasteiger partial charge in [-0.15, -0.1) is 0 Å². The van der Waals surface area contributed by atoms with Gasteiger partial charge < -0.3 is 10.0 Å². The molecule has 0 radical (unpaired) electrons. The molecule has 1 aliphatic heterocycles. The number of carboxylic acids is 1. The molecule has 1 saturated carbocycles. The second-order valence-electron chi connectivity index (χ2n) is 6.38. The minimum absolute atomic E-state index is 0.0648. The van der Waals surface area contributed by atoms with Gasteiger partial charge in [0, 0.05) is 12.5 Å². The SMILES string of the molecule is CC(C)C1CCC(C(=O)N2CCCC2C(=O)O)CC1. The van der Waals surface area contributed by atoms with E-state index in [0.29, 0.717) is 18.9 Å². The number of hydrogen-bond donors (Lipinski definition) is 1. The molecule has 1 heterocycles. The van der Waals surface area contributed by atoms with Gasteiger partial charge in [-0.2, -0.15) is 0 Å². The van der Waals surface area contributed by atoms with Crippen LogP contribution in [0.15, 0.2) is 0 Å². The third-order valence-corrected chi connectivity index (χ3v) is 4.88. The van der Waals surface area contributed by atoms with Gasteiger partial charge in [-0.1, -0.05) is 13.8 Å². The van der Waals surface area contributed by atoms with Crippen LogP contribution in [-0.4, -0.2) is 34.5 Å². The summed E-state index contributed by atoms with van der Waals surface area (Å²) < 4.78 is 0. The summed E-state index contributed by atoms with van der Waals surface area (Å²) >= 11 is 0. The fraction of sp³-hybridized carbons (Fsp3) is 0.867. The summed E-state index contributed by atoms with van der Waals surface area (Å²) in [6, 6.07) is -0.574. The minimum atomic E-state index is -0.846. The fourth-order valence-electron chi connectivity index (χ4n) is 3.55. The minimum Gasteiger partial charge on any atom is -0.480 e. The molecule has 2 rings (SSSR count). The normalized spacial score (nSPS) is 31.7. The van der Waals surface area contributed by atoms with Gasteiger partial charge >= 0.3 is 5.97 Å². The van der Waals surface area contributed by atoms with Crippen molar-refractivity contribution in [2.75, 3.05) is 6.54 Å². The topological polar surface area (TPSA) is 57.6 Å². The van der Waals surface area contributed by atoms with Gasteiger partial charge in [0.25, 0.3) is 0 Å². The van der Waals surface area contributed by atoms with Crippen LogP contribution in [0, 0.1) is 17.8 Å². The van der Waals surface area contributed by atoms with Crippen LogP contribution in [0.5, 0.6) is 0 Å². The van der Waals surface area contributed by atoms with Crippen molar-refractivity contribution in [2.24, 2.45) is 17.8 Å². The maximum atomic E-state index is 12.5. The number of rotatable bonds is 3. The molecule has 4 nitrogen and oxygen atoms in total. The Balaban J connectivity index is 1.92. The number of amides is 1. The molecule has 1 N–H and O–H groups in total. The average Bonchev–Trinajstić information content (AvgIpc) is 2.87. The molecule has 0 bridgehead atoms. The molecule has 1 atom stereocenters. The maximum absolute atomic E-state index is 12.5. The van der Waals surface area contributed by atoms with E-state index >= 15 is 0 Å². The van der Waals surface area contributed by atoms with Crippen molar-refractivity contribution in [2.45, 2.75) is 58.4 Å². The van der Waals surface area contributed by atoms with Gasteiger partial charge in [-0.3, -0.25) is 4.79 Å². The molecule has 1 unspecified atom stereocenters. The summed E-state index contributed by atoms with van der Waals surface area (Å²) in [6.07, 6.45) is 5.53. The molecule has 0 aromatic rings. The van der Waals surface area contributed by atoms with Crippen LogP contribution in [0.1, 0.15) is 52.4 Å². The first-order valence-electron chi connectivity index (χ1n) is 7.54. The molecule has 0 aromatic heterocycles. The van der Waals surface area contributed by atoms with E-state index in [9.17, 15) is 9.59 Å². The Hall–Kier alpha value is -1.06. The summed E-state index contributed by atoms with van der Waals surface area (Å²) in [5, 5.41) is 9.15. The summed E-state index contributed by atoms with van der Waals surface area (Å²) in [5.41, 5.74) is 0. The first kappa shape index (κ1) is 14.4. The molecule has 0 spiro atoms. The molecular weight excluding hydrogens is 242 g/mol. The average molecular weight is 267 g/mol. The molecule has 0 aromatic carbocycles. The van der Waals surface area contributed by atoms with Crippen molar-refractivity contribution in [1.29, 1.82) is 0 Å². The lowest BCUT2D eigenvalue weighted by Crippen LogP contribution is -2.44. The van der Waals surface area contributed by atoms with Gasteiger partial charge in [-0.25, -0.2) is 4.79 Å². The van der Waals surface area contributed by atoms with E-state index in [1.807, 2.05) is 0 Å². The number of aliphatic carboxylic acids is 1. The number of likely N-dealkylation sites (tertiary alicyclic amines) is 1. The molecule has 108 valence electrons. The number of carboxylic acid groups (broad SMARTS) is 1. The Labute approximate surface area is 115 Å². The zero-order chi connectivity index (χ0) is 14.0. The van der Waals surface area contributed by atoms with Crippen LogP contribution in [0.25, 0.3) is 0 Å². The predicted octanol–water partition coefficient (Wildman–Crippen LogP) is 2.52. The van der Waals surface area contributed by atoms with Gasteiger partial charge in [0.1, 0.15) is 6.04 Å². The van der Waals surface area contributed by atoms with E-state index < -0.39 is 12.0 Å². The maximum Gasteiger partial charge on any atom is 0.326 e. The monoisotopic (exact) mass is 267 g/mol. The van der Waals surface area contributed by atoms with Crippen LogP contribution in [0.4, 0.5) is 0 Å². The largest absolute Gasteiger partial charge is 0.480 e. The highest BCUT2D eigenvalue weighted by Crippen LogP contribution is 2.35. The molecular formula is C15H25NO3. The highest BCUT2D eigenvalue weighted by atomic mass is 16.4. The van der Waals surface area contributed by atoms with Gasteiger partial charge in [-0.05, 0) is 50.4 Å². The van der Waals surface area contributed by atoms with Crippen molar-refractivity contribution in [3.05, 3.63) is 0 Å². The number of nitrogens with zero attached hydrogens (tertiary/aromatic N) is 1. The van der Waals surface area contributed by atoms with E-state index in [-0.39, 0.29) is 11.8 Å². The third kappa shape index (κ3) is 3.10. The Kier molecular flexibility index (Phi) is 4.48. The van der Waals surface area contributed by atoms with Crippen LogP contribution in [0.3, 0.4) is 0 Å². The number of hydrogen-bond acceptors (Lipinski definition) is 2. The Morgan fingerprint density at radius 3 is 2.26 bits per heavy atom. The van der Waals surface area contributed by atoms with Crippen LogP contribution >= 0.6 is 0 Å². The van der Waals surface area contributed by atoms with Crippen LogP contribution in [0.2, 0.25) is 0 Å². The summed E-state index contributed by atoms with van der Waals surface area (Å²) in [4.78, 5) is 25.2. The van der Waals surface area contributed by atoms with Crippen molar-refractivity contribution in [3.8, 4) is 0 Å². The molecule has 2 aliphatic rings. The number of carbonyl (C=O) groups is 2. The summed E-state index contributed by atoms with van der Waals surface area (Å²) in [5.74, 6) is 0.733. The van der Waals surface area contributed by atoms with E-state index in [2.05, 4.69) is 13.8 Å². The first-order chi connectivity index (χ1) is 9.00. The molecule has 4 heteroatoms. The highest BCUT2D eigenvalue weighted by Gasteiger charge is 2.38. The van der Waals surface area contributed by atoms with Crippen molar-refractivity contribution < 1.29 is 14.7 Å². The van der Waals surface area contributed by atoms with Crippen LogP contribution in [-0.2, 0) is 9.59 Å². The molecule has 1 saturated heterocycles. The zero-order valence-electron chi connectivity index (χ0n) is 12.0. The Bertz CT molecular complexity index is 345. The molecule has 1 amide bonds. The van der Waals surface area contributed by atoms with E-state index in [1.54, 1.807) is 4.90 Å². The van der Waals surface area contributed by atoms with Gasteiger partial charge in [0.2, 0.25) is 5.91 Å². The first-order valence-corrected chi connectivity index (χ1v) is 7.54. The zero-order valence-corrected chi connectivity index (χ0v) is 12.0. The van der Waals surface area contributed by atoms with E-state index in [0.717, 1.165) is 38.0 Å². The van der Waals surface area contributed by atoms with Crippen molar-refractivity contribution >= 4 is 11.9 Å². The standard InChI is InChI=1S/C15H25NO3/c1-10(2)11-5-7-12(8-6-11)14(17)16-9-3-4-13(16)15(18)19/h10-13H,3-9H2,1-2H3,(H,18,19). The van der Waals surface area contributed by atoms with E-state index in [4.69, 9.17) is 5.11 Å². The molecule has 2 fully saturated rings. The second kappa shape index (κ2) is 5.93.